The van der Waals surface area contributed by atoms with Gasteiger partial charge in [0.15, 0.2) is 0 Å². The molecule has 2 heterocycles. The van der Waals surface area contributed by atoms with E-state index >= 15 is 0 Å². The second-order valence-corrected chi connectivity index (χ2v) is 5.78. The third kappa shape index (κ3) is 3.59. The minimum absolute atomic E-state index is 0.150. The van der Waals surface area contributed by atoms with Crippen LogP contribution in [0.15, 0.2) is 24.3 Å². The van der Waals surface area contributed by atoms with Gasteiger partial charge in [0.1, 0.15) is 5.75 Å². The lowest BCUT2D eigenvalue weighted by Gasteiger charge is -2.23. The van der Waals surface area contributed by atoms with Crippen molar-refractivity contribution in [3.05, 3.63) is 24.3 Å². The number of hydrogen-bond acceptors (Lipinski definition) is 4. The number of alkyl halides is 3. The van der Waals surface area contributed by atoms with Crippen molar-refractivity contribution in [2.75, 3.05) is 24.5 Å². The van der Waals surface area contributed by atoms with Crippen LogP contribution in [0.1, 0.15) is 12.8 Å². The van der Waals surface area contributed by atoms with Crippen molar-refractivity contribution in [2.45, 2.75) is 31.3 Å². The first-order valence-electron chi connectivity index (χ1n) is 7.43. The summed E-state index contributed by atoms with van der Waals surface area (Å²) in [6.07, 6.45) is -3.95. The molecule has 1 amide bonds. The molecule has 0 aromatic heterocycles. The van der Waals surface area contributed by atoms with Gasteiger partial charge in [-0.25, -0.2) is 0 Å². The summed E-state index contributed by atoms with van der Waals surface area (Å²) >= 11 is 0. The molecule has 2 atom stereocenters. The van der Waals surface area contributed by atoms with E-state index in [1.807, 2.05) is 4.90 Å². The molecule has 0 bridgehead atoms. The Balaban J connectivity index is 1.73. The first-order chi connectivity index (χ1) is 10.8. The van der Waals surface area contributed by atoms with Crippen LogP contribution >= 0.6 is 0 Å². The minimum atomic E-state index is -4.76. The summed E-state index contributed by atoms with van der Waals surface area (Å²) < 4.78 is 40.8. The van der Waals surface area contributed by atoms with Crippen LogP contribution in [0, 0.1) is 0 Å². The number of hydrogen-bond donors (Lipinski definition) is 1. The quantitative estimate of drug-likeness (QED) is 0.918. The predicted molar refractivity (Wildman–Crippen MR) is 76.1 cm³/mol. The summed E-state index contributed by atoms with van der Waals surface area (Å²) in [6, 6.07) is 5.11. The number of amides is 1. The summed E-state index contributed by atoms with van der Waals surface area (Å²) in [6.45, 7) is 1.55. The molecule has 1 aromatic carbocycles. The van der Waals surface area contributed by atoms with E-state index in [4.69, 9.17) is 0 Å². The minimum Gasteiger partial charge on any atom is -0.406 e. The van der Waals surface area contributed by atoms with E-state index in [0.29, 0.717) is 38.2 Å². The fraction of sp³-hybridized carbons (Fsp3) is 0.533. The Morgan fingerprint density at radius 1 is 1.22 bits per heavy atom. The van der Waals surface area contributed by atoms with E-state index in [1.165, 1.54) is 23.1 Å². The van der Waals surface area contributed by atoms with Crippen LogP contribution in [0.4, 0.5) is 18.9 Å². The number of likely N-dealkylation sites (tertiary alicyclic amines) is 1. The van der Waals surface area contributed by atoms with Crippen LogP contribution in [0.5, 0.6) is 5.75 Å². The van der Waals surface area contributed by atoms with Gasteiger partial charge >= 0.3 is 6.36 Å². The Hall–Kier alpha value is -1.80. The summed E-state index contributed by atoms with van der Waals surface area (Å²) in [5.74, 6) is -0.494. The summed E-state index contributed by atoms with van der Waals surface area (Å²) in [5.41, 5.74) is 0.388. The molecule has 2 aliphatic heterocycles. The number of carbonyl (C=O) groups excluding carboxylic acids is 1. The molecule has 5 nitrogen and oxygen atoms in total. The Kier molecular flexibility index (Phi) is 4.20. The third-order valence-electron chi connectivity index (χ3n) is 4.18. The summed E-state index contributed by atoms with van der Waals surface area (Å²) in [4.78, 5) is 15.9. The molecule has 2 aliphatic rings. The maximum absolute atomic E-state index is 12.5. The van der Waals surface area contributed by atoms with Crippen molar-refractivity contribution in [1.29, 1.82) is 0 Å². The van der Waals surface area contributed by atoms with Gasteiger partial charge < -0.3 is 14.7 Å². The molecule has 0 aliphatic carbocycles. The highest BCUT2D eigenvalue weighted by molar-refractivity contribution is 5.99. The number of nitrogens with zero attached hydrogens (tertiary/aromatic N) is 2. The lowest BCUT2D eigenvalue weighted by Crippen LogP contribution is -2.41. The number of aliphatic hydroxyl groups excluding tert-OH is 1. The van der Waals surface area contributed by atoms with Gasteiger partial charge in [-0.3, -0.25) is 9.69 Å². The van der Waals surface area contributed by atoms with Gasteiger partial charge in [-0.2, -0.15) is 0 Å². The van der Waals surface area contributed by atoms with Gasteiger partial charge in [-0.05, 0) is 25.0 Å². The monoisotopic (exact) mass is 330 g/mol. The number of aliphatic hydroxyl groups is 1. The smallest absolute Gasteiger partial charge is 0.406 e. The number of benzene rings is 1. The predicted octanol–water partition coefficient (Wildman–Crippen LogP) is 1.76. The van der Waals surface area contributed by atoms with Crippen molar-refractivity contribution < 1.29 is 27.8 Å². The highest BCUT2D eigenvalue weighted by Gasteiger charge is 2.39. The fourth-order valence-corrected chi connectivity index (χ4v) is 3.16. The number of ether oxygens (including phenoxy) is 1. The van der Waals surface area contributed by atoms with Crippen LogP contribution in [-0.2, 0) is 4.79 Å². The number of carbonyl (C=O) groups is 1. The normalized spacial score (nSPS) is 26.1. The van der Waals surface area contributed by atoms with Crippen molar-refractivity contribution >= 4 is 11.6 Å². The van der Waals surface area contributed by atoms with Gasteiger partial charge in [0.05, 0.1) is 12.1 Å². The van der Waals surface area contributed by atoms with Gasteiger partial charge in [-0.15, -0.1) is 13.2 Å². The van der Waals surface area contributed by atoms with E-state index in [1.54, 1.807) is 6.07 Å². The van der Waals surface area contributed by atoms with Gasteiger partial charge in [0.2, 0.25) is 5.91 Å². The summed E-state index contributed by atoms with van der Waals surface area (Å²) in [7, 11) is 0. The van der Waals surface area contributed by atoms with Crippen LogP contribution in [-0.4, -0.2) is 54.1 Å². The third-order valence-corrected chi connectivity index (χ3v) is 4.18. The molecule has 126 valence electrons. The van der Waals surface area contributed by atoms with Crippen molar-refractivity contribution in [2.24, 2.45) is 0 Å². The zero-order valence-corrected chi connectivity index (χ0v) is 12.3. The summed E-state index contributed by atoms with van der Waals surface area (Å²) in [5, 5.41) is 9.58. The molecule has 3 rings (SSSR count). The van der Waals surface area contributed by atoms with Gasteiger partial charge in [0.25, 0.3) is 0 Å². The lowest BCUT2D eigenvalue weighted by molar-refractivity contribution is -0.274. The van der Waals surface area contributed by atoms with E-state index in [9.17, 15) is 23.1 Å². The molecule has 1 aromatic rings. The maximum atomic E-state index is 12.5. The molecule has 8 heteroatoms. The van der Waals surface area contributed by atoms with Crippen LogP contribution < -0.4 is 9.64 Å². The van der Waals surface area contributed by atoms with Crippen LogP contribution in [0.2, 0.25) is 0 Å². The number of anilines is 1. The van der Waals surface area contributed by atoms with Crippen LogP contribution in [0.25, 0.3) is 0 Å². The van der Waals surface area contributed by atoms with Crippen molar-refractivity contribution in [3.63, 3.8) is 0 Å². The van der Waals surface area contributed by atoms with Crippen molar-refractivity contribution in [3.8, 4) is 5.75 Å². The Labute approximate surface area is 131 Å². The second-order valence-electron chi connectivity index (χ2n) is 5.78. The van der Waals surface area contributed by atoms with E-state index < -0.39 is 12.5 Å². The lowest BCUT2D eigenvalue weighted by atomic mass is 10.2. The van der Waals surface area contributed by atoms with Gasteiger partial charge in [0, 0.05) is 31.4 Å². The first kappa shape index (κ1) is 16.1. The SMILES string of the molecule is O=C1C(N2CC[C@H](O)C2)CCN1c1cccc(OC(F)(F)F)c1. The van der Waals surface area contributed by atoms with Crippen molar-refractivity contribution in [1.82, 2.24) is 4.90 Å². The molecule has 1 unspecified atom stereocenters. The molecular weight excluding hydrogens is 313 g/mol. The Bertz CT molecular complexity index is 594. The average Bonchev–Trinajstić information content (AvgIpc) is 3.03. The van der Waals surface area contributed by atoms with E-state index in [-0.39, 0.29) is 17.7 Å². The molecule has 23 heavy (non-hydrogen) atoms. The second kappa shape index (κ2) is 6.01. The molecule has 2 saturated heterocycles. The van der Waals surface area contributed by atoms with Crippen LogP contribution in [0.3, 0.4) is 0 Å². The highest BCUT2D eigenvalue weighted by Crippen LogP contribution is 2.30. The molecule has 0 spiro atoms. The average molecular weight is 330 g/mol. The zero-order valence-electron chi connectivity index (χ0n) is 12.3. The topological polar surface area (TPSA) is 53.0 Å². The maximum Gasteiger partial charge on any atom is 0.573 e. The molecule has 0 radical (unpaired) electrons. The highest BCUT2D eigenvalue weighted by atomic mass is 19.4. The molecular formula is C15H17F3N2O3. The number of β-amino-alcohol motifs (C(OH)–C–C–N with tert-alkyl or cyclic N) is 1. The fourth-order valence-electron chi connectivity index (χ4n) is 3.16. The van der Waals surface area contributed by atoms with Gasteiger partial charge in [-0.1, -0.05) is 6.07 Å². The number of rotatable bonds is 3. The Morgan fingerprint density at radius 3 is 2.65 bits per heavy atom. The molecule has 1 N–H and O–H groups in total. The van der Waals surface area contributed by atoms with E-state index in [0.717, 1.165) is 0 Å². The first-order valence-corrected chi connectivity index (χ1v) is 7.43. The largest absolute Gasteiger partial charge is 0.573 e. The standard InChI is InChI=1S/C15H17F3N2O3/c16-15(17,18)23-12-3-1-2-10(8-12)20-7-5-13(14(20)22)19-6-4-11(21)9-19/h1-3,8,11,13,21H,4-7,9H2/t11-,13?/m0/s1. The Morgan fingerprint density at radius 2 is 2.00 bits per heavy atom. The zero-order chi connectivity index (χ0) is 16.6. The molecule has 2 fully saturated rings. The van der Waals surface area contributed by atoms with E-state index in [2.05, 4.69) is 4.74 Å². The number of halogens is 3. The molecule has 0 saturated carbocycles.